The van der Waals surface area contributed by atoms with Gasteiger partial charge in [0.2, 0.25) is 11.1 Å². The summed E-state index contributed by atoms with van der Waals surface area (Å²) in [4.78, 5) is 16.8. The molecule has 0 radical (unpaired) electrons. The van der Waals surface area contributed by atoms with Crippen LogP contribution < -0.4 is 5.32 Å². The Kier molecular flexibility index (Phi) is 3.85. The van der Waals surface area contributed by atoms with Crippen molar-refractivity contribution in [2.75, 3.05) is 0 Å². The van der Waals surface area contributed by atoms with Gasteiger partial charge >= 0.3 is 0 Å². The van der Waals surface area contributed by atoms with Crippen LogP contribution in [0, 0.1) is 0 Å². The number of hydrogen-bond donors (Lipinski definition) is 1. The smallest absolute Gasteiger partial charge is 0.233 e. The predicted octanol–water partition coefficient (Wildman–Crippen LogP) is 2.90. The van der Waals surface area contributed by atoms with Gasteiger partial charge in [0, 0.05) is 12.0 Å². The highest BCUT2D eigenvalue weighted by Gasteiger charge is 2.31. The van der Waals surface area contributed by atoms with Crippen molar-refractivity contribution in [1.29, 1.82) is 0 Å². The Balaban J connectivity index is 1.53. The summed E-state index contributed by atoms with van der Waals surface area (Å²) in [6.07, 6.45) is 4.56. The van der Waals surface area contributed by atoms with Crippen molar-refractivity contribution in [2.24, 2.45) is 0 Å². The second kappa shape index (κ2) is 6.00. The molecule has 6 heteroatoms. The van der Waals surface area contributed by atoms with E-state index >= 15 is 0 Å². The molecule has 23 heavy (non-hydrogen) atoms. The average Bonchev–Trinajstić information content (AvgIpc) is 3.48. The number of rotatable bonds is 6. The van der Waals surface area contributed by atoms with Crippen molar-refractivity contribution in [3.8, 4) is 5.69 Å². The molecule has 5 nitrogen and oxygen atoms in total. The fraction of sp³-hybridized carbons (Fsp3) is 0.471. The van der Waals surface area contributed by atoms with Gasteiger partial charge in [-0.3, -0.25) is 4.79 Å². The second-order valence-corrected chi connectivity index (χ2v) is 7.63. The molecule has 0 bridgehead atoms. The molecule has 1 aromatic heterocycles. The monoisotopic (exact) mass is 328 g/mol. The molecule has 0 unspecified atom stereocenters. The normalized spacial score (nSPS) is 18.7. The number of carbonyl (C=O) groups is 1. The van der Waals surface area contributed by atoms with Gasteiger partial charge < -0.3 is 5.32 Å². The first-order chi connectivity index (χ1) is 11.2. The van der Waals surface area contributed by atoms with Crippen LogP contribution in [0.2, 0.25) is 0 Å². The minimum Gasteiger partial charge on any atom is -0.352 e. The van der Waals surface area contributed by atoms with Gasteiger partial charge in [0.25, 0.3) is 0 Å². The fourth-order valence-corrected chi connectivity index (χ4v) is 3.24. The molecule has 1 amide bonds. The van der Waals surface area contributed by atoms with E-state index in [2.05, 4.69) is 10.4 Å². The number of benzene rings is 1. The Labute approximate surface area is 139 Å². The summed E-state index contributed by atoms with van der Waals surface area (Å²) >= 11 is 1.44. The van der Waals surface area contributed by atoms with Gasteiger partial charge in [-0.2, -0.15) is 0 Å². The van der Waals surface area contributed by atoms with E-state index in [1.54, 1.807) is 0 Å². The number of nitrogens with zero attached hydrogens (tertiary/aromatic N) is 3. The van der Waals surface area contributed by atoms with Crippen LogP contribution in [-0.2, 0) is 4.79 Å². The van der Waals surface area contributed by atoms with Crippen LogP contribution >= 0.6 is 11.8 Å². The zero-order valence-corrected chi connectivity index (χ0v) is 13.9. The zero-order chi connectivity index (χ0) is 15.8. The standard InChI is InChI=1S/C17H20N4OS/c1-11(16(22)18-13-9-10-13)23-17-19-15(12-7-8-12)21(20-17)14-5-3-2-4-6-14/h2-6,11-13H,7-10H2,1H3,(H,18,22)/t11-/m1/s1. The van der Waals surface area contributed by atoms with E-state index in [0.29, 0.717) is 17.1 Å². The van der Waals surface area contributed by atoms with E-state index in [-0.39, 0.29) is 11.2 Å². The number of thioether (sulfide) groups is 1. The van der Waals surface area contributed by atoms with Crippen molar-refractivity contribution in [3.05, 3.63) is 36.2 Å². The van der Waals surface area contributed by atoms with Crippen LogP contribution in [0.15, 0.2) is 35.5 Å². The molecule has 0 saturated heterocycles. The van der Waals surface area contributed by atoms with E-state index in [1.807, 2.05) is 41.9 Å². The molecule has 120 valence electrons. The van der Waals surface area contributed by atoms with Crippen molar-refractivity contribution >= 4 is 17.7 Å². The van der Waals surface area contributed by atoms with Gasteiger partial charge in [-0.1, -0.05) is 30.0 Å². The van der Waals surface area contributed by atoms with Crippen LogP contribution in [0.4, 0.5) is 0 Å². The van der Waals surface area contributed by atoms with Crippen LogP contribution in [-0.4, -0.2) is 32.0 Å². The molecular weight excluding hydrogens is 308 g/mol. The van der Waals surface area contributed by atoms with E-state index in [0.717, 1.165) is 24.4 Å². The topological polar surface area (TPSA) is 59.8 Å². The van der Waals surface area contributed by atoms with Gasteiger partial charge in [-0.25, -0.2) is 9.67 Å². The molecular formula is C17H20N4OS. The fourth-order valence-electron chi connectivity index (χ4n) is 2.48. The van der Waals surface area contributed by atoms with Crippen molar-refractivity contribution in [1.82, 2.24) is 20.1 Å². The molecule has 4 rings (SSSR count). The predicted molar refractivity (Wildman–Crippen MR) is 89.8 cm³/mol. The van der Waals surface area contributed by atoms with Crippen LogP contribution in [0.3, 0.4) is 0 Å². The lowest BCUT2D eigenvalue weighted by molar-refractivity contribution is -0.120. The van der Waals surface area contributed by atoms with Crippen molar-refractivity contribution in [2.45, 2.75) is 55.0 Å². The quantitative estimate of drug-likeness (QED) is 0.828. The first-order valence-corrected chi connectivity index (χ1v) is 9.08. The first-order valence-electron chi connectivity index (χ1n) is 8.20. The largest absolute Gasteiger partial charge is 0.352 e. The van der Waals surface area contributed by atoms with E-state index in [9.17, 15) is 4.79 Å². The van der Waals surface area contributed by atoms with Crippen LogP contribution in [0.5, 0.6) is 0 Å². The zero-order valence-electron chi connectivity index (χ0n) is 13.1. The summed E-state index contributed by atoms with van der Waals surface area (Å²) in [5, 5.41) is 8.20. The molecule has 2 aromatic rings. The average molecular weight is 328 g/mol. The lowest BCUT2D eigenvalue weighted by atomic mass is 10.3. The molecule has 1 aromatic carbocycles. The molecule has 1 N–H and O–H groups in total. The Morgan fingerprint density at radius 3 is 2.65 bits per heavy atom. The van der Waals surface area contributed by atoms with Gasteiger partial charge in [0.05, 0.1) is 10.9 Å². The Bertz CT molecular complexity index is 707. The molecule has 2 fully saturated rings. The summed E-state index contributed by atoms with van der Waals surface area (Å²) < 4.78 is 1.94. The Morgan fingerprint density at radius 2 is 2.00 bits per heavy atom. The maximum Gasteiger partial charge on any atom is 0.233 e. The highest BCUT2D eigenvalue weighted by molar-refractivity contribution is 8.00. The summed E-state index contributed by atoms with van der Waals surface area (Å²) in [5.74, 6) is 1.61. The molecule has 0 aliphatic heterocycles. The van der Waals surface area contributed by atoms with Crippen LogP contribution in [0.25, 0.3) is 5.69 Å². The number of para-hydroxylation sites is 1. The first kappa shape index (κ1) is 14.8. The van der Waals surface area contributed by atoms with E-state index in [1.165, 1.54) is 24.6 Å². The molecule has 1 heterocycles. The minimum atomic E-state index is -0.172. The number of nitrogens with one attached hydrogen (secondary N) is 1. The summed E-state index contributed by atoms with van der Waals surface area (Å²) in [6.45, 7) is 1.92. The minimum absolute atomic E-state index is 0.0848. The lowest BCUT2D eigenvalue weighted by Gasteiger charge is -2.08. The molecule has 2 aliphatic carbocycles. The third kappa shape index (κ3) is 3.42. The van der Waals surface area contributed by atoms with Crippen LogP contribution in [0.1, 0.15) is 44.3 Å². The van der Waals surface area contributed by atoms with Gasteiger partial charge in [-0.05, 0) is 44.7 Å². The van der Waals surface area contributed by atoms with Crippen molar-refractivity contribution < 1.29 is 4.79 Å². The number of hydrogen-bond acceptors (Lipinski definition) is 4. The van der Waals surface area contributed by atoms with Gasteiger partial charge in [0.1, 0.15) is 5.82 Å². The second-order valence-electron chi connectivity index (χ2n) is 6.32. The van der Waals surface area contributed by atoms with E-state index < -0.39 is 0 Å². The SMILES string of the molecule is C[C@@H](Sc1nc(C2CC2)n(-c2ccccc2)n1)C(=O)NC1CC1. The Hall–Kier alpha value is -1.82. The molecule has 2 aliphatic rings. The number of carbonyl (C=O) groups excluding carboxylic acids is 1. The number of aromatic nitrogens is 3. The van der Waals surface area contributed by atoms with Gasteiger partial charge in [0.15, 0.2) is 0 Å². The summed E-state index contributed by atoms with van der Waals surface area (Å²) in [6, 6.07) is 10.5. The van der Waals surface area contributed by atoms with Crippen molar-refractivity contribution in [3.63, 3.8) is 0 Å². The third-order valence-corrected chi connectivity index (χ3v) is 5.08. The number of amides is 1. The maximum atomic E-state index is 12.1. The Morgan fingerprint density at radius 1 is 1.26 bits per heavy atom. The maximum absolute atomic E-state index is 12.1. The summed E-state index contributed by atoms with van der Waals surface area (Å²) in [5.41, 5.74) is 1.03. The molecule has 0 spiro atoms. The highest BCUT2D eigenvalue weighted by atomic mass is 32.2. The molecule has 1 atom stereocenters. The summed E-state index contributed by atoms with van der Waals surface area (Å²) in [7, 11) is 0. The van der Waals surface area contributed by atoms with Gasteiger partial charge in [-0.15, -0.1) is 5.10 Å². The van der Waals surface area contributed by atoms with E-state index in [4.69, 9.17) is 4.98 Å². The lowest BCUT2D eigenvalue weighted by Crippen LogP contribution is -2.32. The molecule has 2 saturated carbocycles. The highest BCUT2D eigenvalue weighted by Crippen LogP contribution is 2.40. The third-order valence-electron chi connectivity index (χ3n) is 4.13.